The topological polar surface area (TPSA) is 106 Å². The molecule has 0 spiro atoms. The zero-order valence-electron chi connectivity index (χ0n) is 18.0. The Hall–Kier alpha value is -4.06. The van der Waals surface area contributed by atoms with Gasteiger partial charge in [0, 0.05) is 17.5 Å². The number of aromatic nitrogens is 1. The molecule has 4 aromatic rings. The Kier molecular flexibility index (Phi) is 6.68. The molecule has 8 heteroatoms. The fourth-order valence-electron chi connectivity index (χ4n) is 3.47. The zero-order chi connectivity index (χ0) is 24.1. The molecule has 1 heterocycles. The van der Waals surface area contributed by atoms with Crippen molar-refractivity contribution in [1.29, 1.82) is 5.26 Å². The van der Waals surface area contributed by atoms with Gasteiger partial charge in [0.05, 0.1) is 17.2 Å². The molecule has 6 nitrogen and oxygen atoms in total. The van der Waals surface area contributed by atoms with E-state index in [1.54, 1.807) is 30.3 Å². The molecule has 0 radical (unpaired) electrons. The minimum absolute atomic E-state index is 0.0334. The van der Waals surface area contributed by atoms with E-state index in [4.69, 9.17) is 9.88 Å². The summed E-state index contributed by atoms with van der Waals surface area (Å²) < 4.78 is 42.7. The lowest BCUT2D eigenvalue weighted by Crippen LogP contribution is -2.11. The van der Waals surface area contributed by atoms with Crippen LogP contribution in [0.25, 0.3) is 22.4 Å². The smallest absolute Gasteiger partial charge is 0.238 e. The van der Waals surface area contributed by atoms with Crippen molar-refractivity contribution in [3.8, 4) is 34.3 Å². The molecule has 34 heavy (non-hydrogen) atoms. The van der Waals surface area contributed by atoms with Gasteiger partial charge in [0.25, 0.3) is 0 Å². The average molecular weight is 474 g/mol. The van der Waals surface area contributed by atoms with E-state index in [-0.39, 0.29) is 16.3 Å². The SMILES string of the molecule is N#Cc1cc(-c2ccc(S(N)(=O)=O)cc2)c(-c2ccc(F)cc2)nc1OCCc1ccccc1. The number of halogens is 1. The second kappa shape index (κ2) is 9.83. The number of nitriles is 1. The van der Waals surface area contributed by atoms with E-state index in [0.29, 0.717) is 35.4 Å². The quantitative estimate of drug-likeness (QED) is 0.419. The third kappa shape index (κ3) is 5.29. The first-order valence-corrected chi connectivity index (χ1v) is 11.9. The molecule has 170 valence electrons. The first kappa shape index (κ1) is 23.1. The van der Waals surface area contributed by atoms with Crippen LogP contribution in [-0.4, -0.2) is 20.0 Å². The second-order valence-electron chi connectivity index (χ2n) is 7.51. The number of nitrogens with zero attached hydrogens (tertiary/aromatic N) is 2. The van der Waals surface area contributed by atoms with Crippen molar-refractivity contribution in [2.75, 3.05) is 6.61 Å². The van der Waals surface area contributed by atoms with Gasteiger partial charge in [0.2, 0.25) is 15.9 Å². The normalized spacial score (nSPS) is 11.1. The predicted octanol–water partition coefficient (Wildman–Crippen LogP) is 4.70. The Morgan fingerprint density at radius 2 is 1.59 bits per heavy atom. The van der Waals surface area contributed by atoms with E-state index < -0.39 is 15.8 Å². The lowest BCUT2D eigenvalue weighted by molar-refractivity contribution is 0.309. The van der Waals surface area contributed by atoms with Gasteiger partial charge in [-0.25, -0.2) is 22.9 Å². The van der Waals surface area contributed by atoms with Gasteiger partial charge < -0.3 is 4.74 Å². The third-order valence-corrected chi connectivity index (χ3v) is 6.12. The van der Waals surface area contributed by atoms with Gasteiger partial charge >= 0.3 is 0 Å². The summed E-state index contributed by atoms with van der Waals surface area (Å²) >= 11 is 0. The molecule has 3 aromatic carbocycles. The maximum atomic E-state index is 13.6. The molecule has 0 amide bonds. The highest BCUT2D eigenvalue weighted by Gasteiger charge is 2.17. The van der Waals surface area contributed by atoms with E-state index >= 15 is 0 Å². The molecule has 1 aromatic heterocycles. The molecule has 0 fully saturated rings. The molecular weight excluding hydrogens is 453 g/mol. The van der Waals surface area contributed by atoms with Crippen molar-refractivity contribution in [2.24, 2.45) is 5.14 Å². The first-order chi connectivity index (χ1) is 16.3. The molecule has 0 saturated heterocycles. The second-order valence-corrected chi connectivity index (χ2v) is 9.07. The van der Waals surface area contributed by atoms with Crippen LogP contribution in [0.1, 0.15) is 11.1 Å². The van der Waals surface area contributed by atoms with E-state index in [9.17, 15) is 18.1 Å². The fourth-order valence-corrected chi connectivity index (χ4v) is 3.98. The fraction of sp³-hybridized carbons (Fsp3) is 0.0769. The van der Waals surface area contributed by atoms with Crippen LogP contribution in [0, 0.1) is 17.1 Å². The van der Waals surface area contributed by atoms with Gasteiger partial charge in [-0.3, -0.25) is 0 Å². The molecular formula is C26H20FN3O3S. The van der Waals surface area contributed by atoms with Crippen molar-refractivity contribution in [3.63, 3.8) is 0 Å². The molecule has 0 unspecified atom stereocenters. The summed E-state index contributed by atoms with van der Waals surface area (Å²) in [6, 6.07) is 25.3. The van der Waals surface area contributed by atoms with Crippen molar-refractivity contribution < 1.29 is 17.5 Å². The molecule has 0 aliphatic rings. The highest BCUT2D eigenvalue weighted by molar-refractivity contribution is 7.89. The Morgan fingerprint density at radius 1 is 0.941 bits per heavy atom. The van der Waals surface area contributed by atoms with Gasteiger partial charge in [0.15, 0.2) is 0 Å². The molecule has 0 saturated carbocycles. The van der Waals surface area contributed by atoms with Crippen LogP contribution in [0.15, 0.2) is 89.8 Å². The molecule has 4 rings (SSSR count). The highest BCUT2D eigenvalue weighted by Crippen LogP contribution is 2.35. The summed E-state index contributed by atoms with van der Waals surface area (Å²) in [5, 5.41) is 14.9. The summed E-state index contributed by atoms with van der Waals surface area (Å²) in [5.74, 6) is -0.224. The van der Waals surface area contributed by atoms with Gasteiger partial charge in [0.1, 0.15) is 17.4 Å². The summed E-state index contributed by atoms with van der Waals surface area (Å²) in [7, 11) is -3.85. The largest absolute Gasteiger partial charge is 0.476 e. The standard InChI is InChI=1S/C26H20FN3O3S/c27-22-10-6-20(7-11-22)25-24(19-8-12-23(13-9-19)34(29,31)32)16-21(17-28)26(30-25)33-15-14-18-4-2-1-3-5-18/h1-13,16H,14-15H2,(H2,29,31,32). The van der Waals surface area contributed by atoms with Crippen LogP contribution in [0.5, 0.6) is 5.88 Å². The van der Waals surface area contributed by atoms with Crippen LogP contribution in [0.2, 0.25) is 0 Å². The Labute approximate surface area is 197 Å². The number of pyridine rings is 1. The molecule has 0 aliphatic carbocycles. The van der Waals surface area contributed by atoms with Gasteiger partial charge in [-0.1, -0.05) is 42.5 Å². The predicted molar refractivity (Wildman–Crippen MR) is 127 cm³/mol. The summed E-state index contributed by atoms with van der Waals surface area (Å²) in [5.41, 5.74) is 3.59. The number of rotatable bonds is 7. The number of benzene rings is 3. The third-order valence-electron chi connectivity index (χ3n) is 5.19. The Morgan fingerprint density at radius 3 is 2.21 bits per heavy atom. The van der Waals surface area contributed by atoms with Crippen molar-refractivity contribution in [2.45, 2.75) is 11.3 Å². The zero-order valence-corrected chi connectivity index (χ0v) is 18.8. The van der Waals surface area contributed by atoms with Crippen LogP contribution >= 0.6 is 0 Å². The summed E-state index contributed by atoms with van der Waals surface area (Å²) in [6.45, 7) is 0.316. The highest BCUT2D eigenvalue weighted by atomic mass is 32.2. The van der Waals surface area contributed by atoms with Crippen LogP contribution in [-0.2, 0) is 16.4 Å². The molecule has 2 N–H and O–H groups in total. The van der Waals surface area contributed by atoms with E-state index in [0.717, 1.165) is 5.56 Å². The van der Waals surface area contributed by atoms with Crippen LogP contribution in [0.3, 0.4) is 0 Å². The maximum Gasteiger partial charge on any atom is 0.238 e. The summed E-state index contributed by atoms with van der Waals surface area (Å²) in [4.78, 5) is 4.58. The Balaban J connectivity index is 1.75. The number of hydrogen-bond acceptors (Lipinski definition) is 5. The van der Waals surface area contributed by atoms with E-state index in [2.05, 4.69) is 11.1 Å². The van der Waals surface area contributed by atoms with Crippen LogP contribution in [0.4, 0.5) is 4.39 Å². The van der Waals surface area contributed by atoms with Gasteiger partial charge in [-0.15, -0.1) is 0 Å². The molecule has 0 atom stereocenters. The number of hydrogen-bond donors (Lipinski definition) is 1. The molecule has 0 aliphatic heterocycles. The minimum Gasteiger partial charge on any atom is -0.476 e. The van der Waals surface area contributed by atoms with Gasteiger partial charge in [-0.2, -0.15) is 5.26 Å². The van der Waals surface area contributed by atoms with Crippen LogP contribution < -0.4 is 9.88 Å². The first-order valence-electron chi connectivity index (χ1n) is 10.4. The number of nitrogens with two attached hydrogens (primary N) is 1. The number of ether oxygens (including phenoxy) is 1. The lowest BCUT2D eigenvalue weighted by Gasteiger charge is -2.14. The maximum absolute atomic E-state index is 13.6. The number of primary sulfonamides is 1. The van der Waals surface area contributed by atoms with Crippen molar-refractivity contribution >= 4 is 10.0 Å². The average Bonchev–Trinajstić information content (AvgIpc) is 2.84. The minimum atomic E-state index is -3.85. The Bertz CT molecular complexity index is 1450. The summed E-state index contributed by atoms with van der Waals surface area (Å²) in [6.07, 6.45) is 0.635. The van der Waals surface area contributed by atoms with Gasteiger partial charge in [-0.05, 0) is 53.6 Å². The number of sulfonamides is 1. The van der Waals surface area contributed by atoms with E-state index in [1.807, 2.05) is 30.3 Å². The lowest BCUT2D eigenvalue weighted by atomic mass is 9.98. The molecule has 0 bridgehead atoms. The van der Waals surface area contributed by atoms with Crippen molar-refractivity contribution in [3.05, 3.63) is 102 Å². The monoisotopic (exact) mass is 473 g/mol. The van der Waals surface area contributed by atoms with E-state index in [1.165, 1.54) is 24.3 Å². The van der Waals surface area contributed by atoms with Crippen molar-refractivity contribution in [1.82, 2.24) is 4.98 Å².